The van der Waals surface area contributed by atoms with Crippen LogP contribution in [0.15, 0.2) is 0 Å². The molecule has 15 heavy (non-hydrogen) atoms. The Morgan fingerprint density at radius 1 is 1.53 bits per heavy atom. The topological polar surface area (TPSA) is 73.8 Å². The number of unbranched alkanes of at least 4 members (excludes halogenated alkanes) is 1. The zero-order valence-corrected chi connectivity index (χ0v) is 9.30. The average molecular weight is 212 g/mol. The predicted molar refractivity (Wildman–Crippen MR) is 55.7 cm³/mol. The molecule has 6 heteroatoms. The Hall–Kier alpha value is -1.46. The van der Waals surface area contributed by atoms with E-state index < -0.39 is 4.92 Å². The van der Waals surface area contributed by atoms with Crippen molar-refractivity contribution < 1.29 is 4.92 Å². The molecule has 0 aliphatic heterocycles. The highest BCUT2D eigenvalue weighted by Crippen LogP contribution is 2.23. The van der Waals surface area contributed by atoms with Crippen LogP contribution in [0.3, 0.4) is 0 Å². The molecule has 0 saturated heterocycles. The Labute approximate surface area is 88.4 Å². The van der Waals surface area contributed by atoms with Gasteiger partial charge >= 0.3 is 5.82 Å². The van der Waals surface area contributed by atoms with Crippen LogP contribution in [-0.2, 0) is 6.54 Å². The molecule has 1 aromatic heterocycles. The van der Waals surface area contributed by atoms with E-state index in [2.05, 4.69) is 10.3 Å². The fourth-order valence-electron chi connectivity index (χ4n) is 1.34. The summed E-state index contributed by atoms with van der Waals surface area (Å²) in [5.74, 6) is 0.0687. The van der Waals surface area contributed by atoms with Crippen LogP contribution in [0.2, 0.25) is 0 Å². The molecule has 0 aliphatic carbocycles. The molecule has 0 radical (unpaired) electrons. The summed E-state index contributed by atoms with van der Waals surface area (Å²) in [6, 6.07) is 0. The zero-order chi connectivity index (χ0) is 11.4. The van der Waals surface area contributed by atoms with Crippen molar-refractivity contribution in [1.29, 1.82) is 0 Å². The molecule has 1 heterocycles. The fourth-order valence-corrected chi connectivity index (χ4v) is 1.34. The minimum atomic E-state index is -0.398. The summed E-state index contributed by atoms with van der Waals surface area (Å²) in [4.78, 5) is 10.5. The van der Waals surface area contributed by atoms with Gasteiger partial charge in [-0.3, -0.25) is 0 Å². The van der Waals surface area contributed by atoms with E-state index in [0.29, 0.717) is 12.2 Å². The maximum absolute atomic E-state index is 10.9. The molecule has 1 rings (SSSR count). The molecule has 0 N–H and O–H groups in total. The first-order valence-electron chi connectivity index (χ1n) is 5.15. The second kappa shape index (κ2) is 4.86. The van der Waals surface area contributed by atoms with Crippen LogP contribution in [0.25, 0.3) is 0 Å². The maximum Gasteiger partial charge on any atom is 0.368 e. The second-order valence-corrected chi connectivity index (χ2v) is 3.79. The summed E-state index contributed by atoms with van der Waals surface area (Å²) in [5.41, 5.74) is 0.469. The lowest BCUT2D eigenvalue weighted by Crippen LogP contribution is -2.06. The van der Waals surface area contributed by atoms with E-state index in [9.17, 15) is 10.1 Å². The molecule has 0 bridgehead atoms. The highest BCUT2D eigenvalue weighted by atomic mass is 16.6. The molecule has 0 unspecified atom stereocenters. The molecular weight excluding hydrogens is 196 g/mol. The van der Waals surface area contributed by atoms with Gasteiger partial charge in [0.15, 0.2) is 5.69 Å². The van der Waals surface area contributed by atoms with Crippen LogP contribution in [0.5, 0.6) is 0 Å². The molecule has 6 nitrogen and oxygen atoms in total. The summed E-state index contributed by atoms with van der Waals surface area (Å²) in [6.45, 7) is 6.35. The molecule has 1 aromatic rings. The molecule has 0 aromatic carbocycles. The van der Waals surface area contributed by atoms with Crippen LogP contribution in [-0.4, -0.2) is 19.9 Å². The van der Waals surface area contributed by atoms with Gasteiger partial charge in [-0.05, 0) is 11.3 Å². The van der Waals surface area contributed by atoms with E-state index in [1.165, 1.54) is 4.68 Å². The van der Waals surface area contributed by atoms with Gasteiger partial charge in [0.05, 0.1) is 0 Å². The lowest BCUT2D eigenvalue weighted by Gasteiger charge is -2.01. The van der Waals surface area contributed by atoms with E-state index >= 15 is 0 Å². The monoisotopic (exact) mass is 212 g/mol. The van der Waals surface area contributed by atoms with Crippen molar-refractivity contribution in [2.24, 2.45) is 0 Å². The molecule has 84 valence electrons. The van der Waals surface area contributed by atoms with Crippen molar-refractivity contribution >= 4 is 5.82 Å². The highest BCUT2D eigenvalue weighted by Gasteiger charge is 2.25. The molecule has 0 saturated carbocycles. The number of nitrogens with zero attached hydrogens (tertiary/aromatic N) is 4. The minimum Gasteiger partial charge on any atom is -0.358 e. The first kappa shape index (κ1) is 11.6. The van der Waals surface area contributed by atoms with Crippen molar-refractivity contribution in [1.82, 2.24) is 15.0 Å². The van der Waals surface area contributed by atoms with Crippen LogP contribution in [0.1, 0.15) is 45.2 Å². The Morgan fingerprint density at radius 3 is 2.67 bits per heavy atom. The van der Waals surface area contributed by atoms with Crippen molar-refractivity contribution in [3.63, 3.8) is 0 Å². The van der Waals surface area contributed by atoms with E-state index in [1.807, 2.05) is 20.8 Å². The van der Waals surface area contributed by atoms with Gasteiger partial charge in [0, 0.05) is 11.1 Å². The molecule has 0 amide bonds. The second-order valence-electron chi connectivity index (χ2n) is 3.79. The van der Waals surface area contributed by atoms with Gasteiger partial charge in [-0.15, -0.1) is 9.78 Å². The summed E-state index contributed by atoms with van der Waals surface area (Å²) in [6.07, 6.45) is 1.86. The van der Waals surface area contributed by atoms with Gasteiger partial charge < -0.3 is 10.1 Å². The van der Waals surface area contributed by atoms with E-state index in [4.69, 9.17) is 0 Å². The molecular formula is C9H16N4O2. The van der Waals surface area contributed by atoms with Gasteiger partial charge in [0.25, 0.3) is 0 Å². The van der Waals surface area contributed by atoms with Gasteiger partial charge in [0.1, 0.15) is 6.54 Å². The smallest absolute Gasteiger partial charge is 0.358 e. The number of nitro groups is 1. The van der Waals surface area contributed by atoms with Gasteiger partial charge in [0.2, 0.25) is 0 Å². The predicted octanol–water partition coefficient (Wildman–Crippen LogP) is 2.11. The fraction of sp³-hybridized carbons (Fsp3) is 0.778. The largest absolute Gasteiger partial charge is 0.368 e. The normalized spacial score (nSPS) is 10.9. The van der Waals surface area contributed by atoms with Crippen LogP contribution in [0.4, 0.5) is 5.82 Å². The third kappa shape index (κ3) is 2.51. The molecule has 0 fully saturated rings. The summed E-state index contributed by atoms with van der Waals surface area (Å²) < 4.78 is 1.39. The van der Waals surface area contributed by atoms with E-state index in [0.717, 1.165) is 12.8 Å². The number of hydrogen-bond acceptors (Lipinski definition) is 4. The summed E-state index contributed by atoms with van der Waals surface area (Å²) in [7, 11) is 0. The molecule has 0 spiro atoms. The van der Waals surface area contributed by atoms with Crippen molar-refractivity contribution in [3.8, 4) is 0 Å². The lowest BCUT2D eigenvalue weighted by atomic mass is 10.1. The summed E-state index contributed by atoms with van der Waals surface area (Å²) in [5, 5.41) is 18.6. The van der Waals surface area contributed by atoms with Crippen molar-refractivity contribution in [3.05, 3.63) is 15.8 Å². The Morgan fingerprint density at radius 2 is 2.20 bits per heavy atom. The van der Waals surface area contributed by atoms with Crippen LogP contribution >= 0.6 is 0 Å². The number of aryl methyl sites for hydroxylation is 1. The average Bonchev–Trinajstić information content (AvgIpc) is 2.58. The Bertz CT molecular complexity index is 346. The maximum atomic E-state index is 10.9. The SMILES string of the molecule is CCCCn1nnc(C(C)C)c1[N+](=O)[O-]. The lowest BCUT2D eigenvalue weighted by molar-refractivity contribution is -0.393. The first-order valence-corrected chi connectivity index (χ1v) is 5.15. The number of rotatable bonds is 5. The Kier molecular flexibility index (Phi) is 3.76. The molecule has 0 aliphatic rings. The quantitative estimate of drug-likeness (QED) is 0.553. The van der Waals surface area contributed by atoms with Gasteiger partial charge in [-0.1, -0.05) is 27.2 Å². The zero-order valence-electron chi connectivity index (χ0n) is 9.30. The first-order chi connectivity index (χ1) is 7.07. The number of aromatic nitrogens is 3. The Balaban J connectivity index is 3.01. The van der Waals surface area contributed by atoms with Gasteiger partial charge in [-0.2, -0.15) is 0 Å². The molecule has 0 atom stereocenters. The third-order valence-corrected chi connectivity index (χ3v) is 2.18. The number of hydrogen-bond donors (Lipinski definition) is 0. The van der Waals surface area contributed by atoms with E-state index in [1.54, 1.807) is 0 Å². The van der Waals surface area contributed by atoms with Crippen LogP contribution in [0, 0.1) is 10.1 Å². The van der Waals surface area contributed by atoms with Crippen molar-refractivity contribution in [2.75, 3.05) is 0 Å². The highest BCUT2D eigenvalue weighted by molar-refractivity contribution is 5.27. The van der Waals surface area contributed by atoms with Gasteiger partial charge in [-0.25, -0.2) is 0 Å². The standard InChI is InChI=1S/C9H16N4O2/c1-4-5-6-12-9(13(14)15)8(7(2)3)10-11-12/h7H,4-6H2,1-3H3. The van der Waals surface area contributed by atoms with Crippen molar-refractivity contribution in [2.45, 2.75) is 46.1 Å². The summed E-state index contributed by atoms with van der Waals surface area (Å²) >= 11 is 0. The van der Waals surface area contributed by atoms with E-state index in [-0.39, 0.29) is 11.7 Å². The minimum absolute atomic E-state index is 0.0285. The third-order valence-electron chi connectivity index (χ3n) is 2.18. The van der Waals surface area contributed by atoms with Crippen LogP contribution < -0.4 is 0 Å².